The molecule has 3 atom stereocenters. The molecule has 0 aliphatic carbocycles. The van der Waals surface area contributed by atoms with Crippen LogP contribution in [0.4, 0.5) is 10.2 Å². The van der Waals surface area contributed by atoms with Crippen LogP contribution in [0.25, 0.3) is 0 Å². The number of carbonyl (C=O) groups is 1. The van der Waals surface area contributed by atoms with Gasteiger partial charge < -0.3 is 15.0 Å². The third kappa shape index (κ3) is 4.07. The molecule has 0 aromatic carbocycles. The first-order valence-electron chi connectivity index (χ1n) is 8.79. The average molecular weight is 351 g/mol. The van der Waals surface area contributed by atoms with Gasteiger partial charge in [0.2, 0.25) is 5.91 Å². The second-order valence-electron chi connectivity index (χ2n) is 6.97. The van der Waals surface area contributed by atoms with Crippen LogP contribution in [0, 0.1) is 5.82 Å². The molecule has 2 aliphatic heterocycles. The number of carbonyl (C=O) groups excluding carboxylic acids is 1. The van der Waals surface area contributed by atoms with Crippen LogP contribution in [0.15, 0.2) is 6.33 Å². The maximum absolute atomic E-state index is 14.3. The number of hydrogen-bond donors (Lipinski definition) is 1. The number of morpholine rings is 1. The second-order valence-corrected chi connectivity index (χ2v) is 6.97. The molecule has 3 rings (SSSR count). The van der Waals surface area contributed by atoms with Crippen molar-refractivity contribution in [3.63, 3.8) is 0 Å². The van der Waals surface area contributed by atoms with Gasteiger partial charge in [-0.25, -0.2) is 14.4 Å². The fourth-order valence-electron chi connectivity index (χ4n) is 3.49. The second kappa shape index (κ2) is 7.61. The summed E-state index contributed by atoms with van der Waals surface area (Å²) >= 11 is 0. The van der Waals surface area contributed by atoms with Gasteiger partial charge in [-0.2, -0.15) is 0 Å². The Balaban J connectivity index is 1.58. The molecule has 2 aliphatic rings. The maximum atomic E-state index is 14.3. The minimum Gasteiger partial charge on any atom is -0.375 e. The zero-order valence-electron chi connectivity index (χ0n) is 15.0. The molecule has 0 unspecified atom stereocenters. The third-order valence-electron chi connectivity index (χ3n) is 4.93. The van der Waals surface area contributed by atoms with E-state index < -0.39 is 0 Å². The lowest BCUT2D eigenvalue weighted by Gasteiger charge is -2.35. The summed E-state index contributed by atoms with van der Waals surface area (Å²) in [5.41, 5.74) is 0.429. The van der Waals surface area contributed by atoms with E-state index in [0.29, 0.717) is 31.2 Å². The van der Waals surface area contributed by atoms with Gasteiger partial charge in [-0.3, -0.25) is 9.69 Å². The summed E-state index contributed by atoms with van der Waals surface area (Å²) in [6.07, 6.45) is 3.14. The monoisotopic (exact) mass is 351 g/mol. The lowest BCUT2D eigenvalue weighted by molar-refractivity contribution is -0.134. The van der Waals surface area contributed by atoms with Crippen molar-refractivity contribution >= 4 is 11.7 Å². The molecular formula is C17H26FN5O2. The Kier molecular flexibility index (Phi) is 5.48. The Morgan fingerprint density at radius 2 is 2.24 bits per heavy atom. The van der Waals surface area contributed by atoms with Crippen molar-refractivity contribution in [2.24, 2.45) is 0 Å². The van der Waals surface area contributed by atoms with E-state index in [2.05, 4.69) is 20.2 Å². The van der Waals surface area contributed by atoms with Gasteiger partial charge >= 0.3 is 0 Å². The van der Waals surface area contributed by atoms with Gasteiger partial charge in [-0.15, -0.1) is 0 Å². The molecule has 1 aromatic heterocycles. The van der Waals surface area contributed by atoms with Gasteiger partial charge in [0.25, 0.3) is 0 Å². The van der Waals surface area contributed by atoms with E-state index in [-0.39, 0.29) is 29.7 Å². The summed E-state index contributed by atoms with van der Waals surface area (Å²) in [4.78, 5) is 23.8. The molecule has 0 saturated carbocycles. The highest BCUT2D eigenvalue weighted by molar-refractivity contribution is 5.76. The normalized spacial score (nSPS) is 26.3. The minimum absolute atomic E-state index is 0.0764. The van der Waals surface area contributed by atoms with E-state index in [1.54, 1.807) is 19.0 Å². The summed E-state index contributed by atoms with van der Waals surface area (Å²) in [7, 11) is 3.51. The number of nitrogens with zero attached hydrogens (tertiary/aromatic N) is 4. The standard InChI is InChI=1S/C17H26FN5O2/c1-4-14-16(18)17(20-10-19-14)21-11-5-12-9-25-13(8-23(12)7-11)6-15(24)22(2)3/h10-13H,4-9H2,1-3H3,(H,19,20,21)/t11-,12-,13-/m0/s1. The van der Waals surface area contributed by atoms with Crippen LogP contribution in [-0.2, 0) is 16.0 Å². The summed E-state index contributed by atoms with van der Waals surface area (Å²) in [6.45, 7) is 4.01. The van der Waals surface area contributed by atoms with Crippen LogP contribution in [-0.4, -0.2) is 77.7 Å². The number of aromatic nitrogens is 2. The first-order chi connectivity index (χ1) is 12.0. The van der Waals surface area contributed by atoms with Crippen LogP contribution in [0.5, 0.6) is 0 Å². The number of anilines is 1. The molecule has 7 nitrogen and oxygen atoms in total. The number of hydrogen-bond acceptors (Lipinski definition) is 6. The molecule has 2 saturated heterocycles. The van der Waals surface area contributed by atoms with E-state index in [4.69, 9.17) is 4.74 Å². The number of nitrogens with one attached hydrogen (secondary N) is 1. The highest BCUT2D eigenvalue weighted by atomic mass is 19.1. The molecular weight excluding hydrogens is 325 g/mol. The molecule has 25 heavy (non-hydrogen) atoms. The number of rotatable bonds is 5. The highest BCUT2D eigenvalue weighted by Gasteiger charge is 2.38. The molecule has 0 bridgehead atoms. The zero-order valence-corrected chi connectivity index (χ0v) is 15.0. The van der Waals surface area contributed by atoms with Crippen molar-refractivity contribution in [3.05, 3.63) is 17.8 Å². The minimum atomic E-state index is -0.361. The molecule has 1 amide bonds. The molecule has 0 spiro atoms. The Morgan fingerprint density at radius 3 is 2.96 bits per heavy atom. The van der Waals surface area contributed by atoms with Crippen LogP contribution >= 0.6 is 0 Å². The van der Waals surface area contributed by atoms with Gasteiger partial charge in [0, 0.05) is 39.3 Å². The van der Waals surface area contributed by atoms with Gasteiger partial charge in [0.1, 0.15) is 6.33 Å². The van der Waals surface area contributed by atoms with Gasteiger partial charge in [-0.1, -0.05) is 6.92 Å². The number of amides is 1. The zero-order chi connectivity index (χ0) is 18.0. The molecule has 3 heterocycles. The van der Waals surface area contributed by atoms with Gasteiger partial charge in [0.15, 0.2) is 11.6 Å². The van der Waals surface area contributed by atoms with Gasteiger partial charge in [-0.05, 0) is 12.8 Å². The van der Waals surface area contributed by atoms with E-state index in [1.807, 2.05) is 6.92 Å². The van der Waals surface area contributed by atoms with Crippen molar-refractivity contribution in [1.82, 2.24) is 19.8 Å². The SMILES string of the molecule is CCc1ncnc(N[C@H]2C[C@H]3CO[C@@H](CC(=O)N(C)C)CN3C2)c1F. The maximum Gasteiger partial charge on any atom is 0.224 e. The predicted octanol–water partition coefficient (Wildman–Crippen LogP) is 0.910. The quantitative estimate of drug-likeness (QED) is 0.850. The third-order valence-corrected chi connectivity index (χ3v) is 4.93. The lowest BCUT2D eigenvalue weighted by atomic mass is 10.1. The first kappa shape index (κ1) is 18.0. The topological polar surface area (TPSA) is 70.6 Å². The van der Waals surface area contributed by atoms with Gasteiger partial charge in [0.05, 0.1) is 24.8 Å². The van der Waals surface area contributed by atoms with E-state index in [0.717, 1.165) is 19.5 Å². The van der Waals surface area contributed by atoms with Crippen molar-refractivity contribution in [1.29, 1.82) is 0 Å². The molecule has 2 fully saturated rings. The fraction of sp³-hybridized carbons (Fsp3) is 0.706. The summed E-state index contributed by atoms with van der Waals surface area (Å²) in [6, 6.07) is 0.421. The number of halogens is 1. The Bertz CT molecular complexity index is 627. The number of aryl methyl sites for hydroxylation is 1. The molecule has 1 N–H and O–H groups in total. The summed E-state index contributed by atoms with van der Waals surface area (Å²) in [5, 5.41) is 3.22. The summed E-state index contributed by atoms with van der Waals surface area (Å²) in [5.74, 6) is -0.00926. The summed E-state index contributed by atoms with van der Waals surface area (Å²) < 4.78 is 20.2. The van der Waals surface area contributed by atoms with Crippen LogP contribution in [0.3, 0.4) is 0 Å². The number of ether oxygens (including phenoxy) is 1. The molecule has 138 valence electrons. The first-order valence-corrected chi connectivity index (χ1v) is 8.79. The lowest BCUT2D eigenvalue weighted by Crippen LogP contribution is -2.47. The Labute approximate surface area is 147 Å². The Hall–Kier alpha value is -1.80. The van der Waals surface area contributed by atoms with Crippen LogP contribution < -0.4 is 5.32 Å². The molecule has 1 aromatic rings. The smallest absolute Gasteiger partial charge is 0.224 e. The van der Waals surface area contributed by atoms with Crippen molar-refractivity contribution in [2.45, 2.75) is 44.4 Å². The highest BCUT2D eigenvalue weighted by Crippen LogP contribution is 2.27. The van der Waals surface area contributed by atoms with Crippen LogP contribution in [0.1, 0.15) is 25.5 Å². The van der Waals surface area contributed by atoms with E-state index in [1.165, 1.54) is 6.33 Å². The van der Waals surface area contributed by atoms with E-state index >= 15 is 0 Å². The fourth-order valence-corrected chi connectivity index (χ4v) is 3.49. The largest absolute Gasteiger partial charge is 0.375 e. The number of fused-ring (bicyclic) bond motifs is 1. The molecule has 0 radical (unpaired) electrons. The van der Waals surface area contributed by atoms with Crippen molar-refractivity contribution in [2.75, 3.05) is 39.1 Å². The van der Waals surface area contributed by atoms with Crippen molar-refractivity contribution in [3.8, 4) is 0 Å². The Morgan fingerprint density at radius 1 is 1.44 bits per heavy atom. The van der Waals surface area contributed by atoms with E-state index in [9.17, 15) is 9.18 Å². The van der Waals surface area contributed by atoms with Crippen molar-refractivity contribution < 1.29 is 13.9 Å². The van der Waals surface area contributed by atoms with Crippen LogP contribution in [0.2, 0.25) is 0 Å². The predicted molar refractivity (Wildman–Crippen MR) is 91.8 cm³/mol. The molecule has 8 heteroatoms. The average Bonchev–Trinajstić information content (AvgIpc) is 2.98.